The van der Waals surface area contributed by atoms with Crippen molar-refractivity contribution >= 4 is 46.0 Å². The Kier molecular flexibility index (Phi) is 4.01. The zero-order valence-corrected chi connectivity index (χ0v) is 13.5. The zero-order chi connectivity index (χ0) is 16.6. The highest BCUT2D eigenvalue weighted by Gasteiger charge is 2.29. The number of thioether (sulfide) groups is 1. The summed E-state index contributed by atoms with van der Waals surface area (Å²) < 4.78 is 6.11. The van der Waals surface area contributed by atoms with Crippen LogP contribution in [-0.4, -0.2) is 27.1 Å². The predicted molar refractivity (Wildman–Crippen MR) is 91.7 cm³/mol. The molecule has 6 nitrogen and oxygen atoms in total. The van der Waals surface area contributed by atoms with Crippen LogP contribution in [0.5, 0.6) is 0 Å². The molecule has 0 atom stereocenters. The second-order valence-electron chi connectivity index (χ2n) is 4.72. The van der Waals surface area contributed by atoms with E-state index in [4.69, 9.17) is 16.6 Å². The summed E-state index contributed by atoms with van der Waals surface area (Å²) >= 11 is 6.25. The molecule has 1 amide bonds. The molecule has 8 heteroatoms. The molecule has 1 aliphatic heterocycles. The van der Waals surface area contributed by atoms with E-state index in [2.05, 4.69) is 0 Å². The quantitative estimate of drug-likeness (QED) is 0.365. The van der Waals surface area contributed by atoms with Crippen LogP contribution >= 0.6 is 24.0 Å². The number of amides is 1. The first kappa shape index (κ1) is 15.4. The number of carbonyl (C=O) groups is 1. The van der Waals surface area contributed by atoms with Crippen LogP contribution in [0.25, 0.3) is 17.4 Å². The summed E-state index contributed by atoms with van der Waals surface area (Å²) in [7, 11) is 1.61. The van der Waals surface area contributed by atoms with Gasteiger partial charge in [-0.1, -0.05) is 36.1 Å². The van der Waals surface area contributed by atoms with Crippen LogP contribution in [0.1, 0.15) is 5.76 Å². The van der Waals surface area contributed by atoms with Gasteiger partial charge in [-0.2, -0.15) is 0 Å². The highest BCUT2D eigenvalue weighted by Crippen LogP contribution is 2.34. The van der Waals surface area contributed by atoms with Gasteiger partial charge >= 0.3 is 0 Å². The van der Waals surface area contributed by atoms with Crippen LogP contribution in [0.2, 0.25) is 0 Å². The molecule has 23 heavy (non-hydrogen) atoms. The van der Waals surface area contributed by atoms with E-state index in [1.54, 1.807) is 43.5 Å². The Morgan fingerprint density at radius 1 is 1.30 bits per heavy atom. The van der Waals surface area contributed by atoms with E-state index >= 15 is 0 Å². The molecule has 1 aromatic heterocycles. The number of hydrogen-bond acceptors (Lipinski definition) is 6. The van der Waals surface area contributed by atoms with Crippen LogP contribution in [0.4, 0.5) is 5.69 Å². The lowest BCUT2D eigenvalue weighted by Gasteiger charge is -2.03. The topological polar surface area (TPSA) is 76.6 Å². The van der Waals surface area contributed by atoms with E-state index in [0.29, 0.717) is 26.3 Å². The summed E-state index contributed by atoms with van der Waals surface area (Å²) in [6, 6.07) is 9.63. The SMILES string of the molecule is CN1C(=O)/C(=C\c2ccc(-c3ccccc3[N+](=O)[O-])o2)SC1=S. The summed E-state index contributed by atoms with van der Waals surface area (Å²) in [5.74, 6) is 0.617. The fraction of sp³-hybridized carbons (Fsp3) is 0.0667. The molecular weight excluding hydrogens is 336 g/mol. The smallest absolute Gasteiger partial charge is 0.280 e. The van der Waals surface area contributed by atoms with Crippen molar-refractivity contribution in [1.29, 1.82) is 0 Å². The number of benzene rings is 1. The Balaban J connectivity index is 1.95. The monoisotopic (exact) mass is 346 g/mol. The van der Waals surface area contributed by atoms with Gasteiger partial charge in [-0.05, 0) is 18.2 Å². The molecular formula is C15H10N2O4S2. The van der Waals surface area contributed by atoms with E-state index in [1.807, 2.05) is 0 Å². The standard InChI is InChI=1S/C15H10N2O4S2/c1-16-14(18)13(23-15(16)22)8-9-6-7-12(21-9)10-4-2-3-5-11(10)17(19)20/h2-8H,1H3/b13-8+. The van der Waals surface area contributed by atoms with Gasteiger partial charge in [0.25, 0.3) is 11.6 Å². The molecule has 2 aromatic rings. The summed E-state index contributed by atoms with van der Waals surface area (Å²) in [6.45, 7) is 0. The molecule has 1 aliphatic rings. The number of hydrogen-bond donors (Lipinski definition) is 0. The van der Waals surface area contributed by atoms with Crippen LogP contribution in [0.15, 0.2) is 45.7 Å². The third kappa shape index (κ3) is 2.90. The largest absolute Gasteiger partial charge is 0.456 e. The Morgan fingerprint density at radius 3 is 2.70 bits per heavy atom. The fourth-order valence-corrected chi connectivity index (χ4v) is 3.25. The highest BCUT2D eigenvalue weighted by atomic mass is 32.2. The van der Waals surface area contributed by atoms with Gasteiger partial charge in [-0.15, -0.1) is 0 Å². The maximum Gasteiger partial charge on any atom is 0.280 e. The molecule has 0 spiro atoms. The molecule has 0 radical (unpaired) electrons. The molecule has 2 heterocycles. The van der Waals surface area contributed by atoms with Crippen molar-refractivity contribution in [1.82, 2.24) is 4.90 Å². The predicted octanol–water partition coefficient (Wildman–Crippen LogP) is 3.69. The van der Waals surface area contributed by atoms with Gasteiger partial charge in [0.2, 0.25) is 0 Å². The summed E-state index contributed by atoms with van der Waals surface area (Å²) in [4.78, 5) is 24.4. The van der Waals surface area contributed by atoms with Crippen molar-refractivity contribution in [2.75, 3.05) is 7.05 Å². The molecule has 1 saturated heterocycles. The Hall–Kier alpha value is -2.45. The number of nitro benzene ring substituents is 1. The maximum absolute atomic E-state index is 12.0. The zero-order valence-electron chi connectivity index (χ0n) is 11.9. The lowest BCUT2D eigenvalue weighted by molar-refractivity contribution is -0.384. The van der Waals surface area contributed by atoms with Gasteiger partial charge in [-0.25, -0.2) is 0 Å². The molecule has 3 rings (SSSR count). The van der Waals surface area contributed by atoms with Gasteiger partial charge in [0.15, 0.2) is 0 Å². The number of carbonyl (C=O) groups excluding carboxylic acids is 1. The van der Waals surface area contributed by atoms with Crippen molar-refractivity contribution in [2.45, 2.75) is 0 Å². The number of likely N-dealkylation sites (N-methyl/N-ethyl adjacent to an activating group) is 1. The summed E-state index contributed by atoms with van der Waals surface area (Å²) in [6.07, 6.45) is 1.58. The molecule has 1 aromatic carbocycles. The van der Waals surface area contributed by atoms with E-state index < -0.39 is 4.92 Å². The third-order valence-corrected chi connectivity index (χ3v) is 4.74. The highest BCUT2D eigenvalue weighted by molar-refractivity contribution is 8.26. The number of thiocarbonyl (C=S) groups is 1. The average Bonchev–Trinajstić information content (AvgIpc) is 3.09. The first-order valence-corrected chi connectivity index (χ1v) is 7.75. The van der Waals surface area contributed by atoms with Crippen LogP contribution in [0.3, 0.4) is 0 Å². The minimum Gasteiger partial charge on any atom is -0.456 e. The lowest BCUT2D eigenvalue weighted by atomic mass is 10.1. The van der Waals surface area contributed by atoms with Gasteiger partial charge in [0, 0.05) is 19.2 Å². The third-order valence-electron chi connectivity index (χ3n) is 3.25. The molecule has 0 bridgehead atoms. The van der Waals surface area contributed by atoms with E-state index in [9.17, 15) is 14.9 Å². The fourth-order valence-electron chi connectivity index (χ4n) is 2.09. The van der Waals surface area contributed by atoms with Crippen molar-refractivity contribution < 1.29 is 14.1 Å². The number of furan rings is 1. The maximum atomic E-state index is 12.0. The Morgan fingerprint density at radius 2 is 2.04 bits per heavy atom. The van der Waals surface area contributed by atoms with E-state index in [0.717, 1.165) is 0 Å². The van der Waals surface area contributed by atoms with Crippen LogP contribution in [0, 0.1) is 10.1 Å². The summed E-state index contributed by atoms with van der Waals surface area (Å²) in [5.41, 5.74) is 0.355. The van der Waals surface area contributed by atoms with Gasteiger partial charge in [0.05, 0.1) is 15.4 Å². The number of nitro groups is 1. The van der Waals surface area contributed by atoms with Crippen molar-refractivity contribution in [2.24, 2.45) is 0 Å². The minimum absolute atomic E-state index is 0.0340. The minimum atomic E-state index is -0.459. The van der Waals surface area contributed by atoms with Crippen molar-refractivity contribution in [3.05, 3.63) is 57.2 Å². The molecule has 0 N–H and O–H groups in total. The average molecular weight is 346 g/mol. The first-order chi connectivity index (χ1) is 11.0. The van der Waals surface area contributed by atoms with Crippen molar-refractivity contribution in [3.63, 3.8) is 0 Å². The summed E-state index contributed by atoms with van der Waals surface area (Å²) in [5, 5.41) is 11.1. The van der Waals surface area contributed by atoms with Gasteiger partial charge < -0.3 is 4.42 Å². The molecule has 0 saturated carbocycles. The van der Waals surface area contributed by atoms with Crippen LogP contribution < -0.4 is 0 Å². The normalized spacial score (nSPS) is 16.4. The van der Waals surface area contributed by atoms with Gasteiger partial charge in [0.1, 0.15) is 15.8 Å². The Labute approximate surface area is 140 Å². The molecule has 116 valence electrons. The van der Waals surface area contributed by atoms with Crippen molar-refractivity contribution in [3.8, 4) is 11.3 Å². The lowest BCUT2D eigenvalue weighted by Crippen LogP contribution is -2.22. The number of para-hydroxylation sites is 1. The number of rotatable bonds is 3. The second-order valence-corrected chi connectivity index (χ2v) is 6.39. The van der Waals surface area contributed by atoms with E-state index in [1.165, 1.54) is 22.7 Å². The second kappa shape index (κ2) is 5.98. The number of nitrogens with zero attached hydrogens (tertiary/aromatic N) is 2. The Bertz CT molecular complexity index is 857. The van der Waals surface area contributed by atoms with E-state index in [-0.39, 0.29) is 11.6 Å². The molecule has 1 fully saturated rings. The van der Waals surface area contributed by atoms with Crippen LogP contribution in [-0.2, 0) is 4.79 Å². The first-order valence-electron chi connectivity index (χ1n) is 6.52. The molecule has 0 aliphatic carbocycles. The molecule has 0 unspecified atom stereocenters. The van der Waals surface area contributed by atoms with Gasteiger partial charge in [-0.3, -0.25) is 19.8 Å².